The first-order chi connectivity index (χ1) is 11.5. The number of piperidine rings is 1. The summed E-state index contributed by atoms with van der Waals surface area (Å²) >= 11 is 0. The van der Waals surface area contributed by atoms with Gasteiger partial charge in [-0.2, -0.15) is 0 Å². The Morgan fingerprint density at radius 1 is 1.29 bits per heavy atom. The van der Waals surface area contributed by atoms with Gasteiger partial charge >= 0.3 is 0 Å². The van der Waals surface area contributed by atoms with Crippen LogP contribution in [0.15, 0.2) is 17.0 Å². The van der Waals surface area contributed by atoms with Gasteiger partial charge in [-0.05, 0) is 31.8 Å². The van der Waals surface area contributed by atoms with Crippen LogP contribution in [0, 0.1) is 16.0 Å². The lowest BCUT2D eigenvalue weighted by Gasteiger charge is -2.23. The van der Waals surface area contributed by atoms with Gasteiger partial charge in [0.1, 0.15) is 13.2 Å². The molecule has 0 saturated carbocycles. The maximum Gasteiger partial charge on any atom is 0.293 e. The van der Waals surface area contributed by atoms with Crippen molar-refractivity contribution < 1.29 is 22.8 Å². The highest BCUT2D eigenvalue weighted by Crippen LogP contribution is 2.38. The van der Waals surface area contributed by atoms with E-state index in [0.717, 1.165) is 38.1 Å². The van der Waals surface area contributed by atoms with Gasteiger partial charge in [0.2, 0.25) is 10.0 Å². The number of nitrogens with one attached hydrogen (secondary N) is 2. The van der Waals surface area contributed by atoms with E-state index in [4.69, 9.17) is 9.47 Å². The number of nitro groups is 1. The van der Waals surface area contributed by atoms with Crippen molar-refractivity contribution in [3.8, 4) is 11.5 Å². The molecule has 0 spiro atoms. The van der Waals surface area contributed by atoms with Crippen LogP contribution in [-0.4, -0.2) is 46.2 Å². The molecular weight excluding hydrogens is 338 g/mol. The Hall–Kier alpha value is -1.91. The van der Waals surface area contributed by atoms with Gasteiger partial charge in [0, 0.05) is 12.6 Å². The molecule has 1 aromatic rings. The van der Waals surface area contributed by atoms with E-state index in [2.05, 4.69) is 10.0 Å². The third-order valence-electron chi connectivity index (χ3n) is 4.07. The number of hydrogen-bond donors (Lipinski definition) is 2. The van der Waals surface area contributed by atoms with E-state index in [0.29, 0.717) is 0 Å². The Morgan fingerprint density at radius 2 is 2.00 bits per heavy atom. The summed E-state index contributed by atoms with van der Waals surface area (Å²) in [4.78, 5) is 10.1. The maximum absolute atomic E-state index is 12.6. The Bertz CT molecular complexity index is 730. The van der Waals surface area contributed by atoms with Crippen LogP contribution in [0.2, 0.25) is 0 Å². The first-order valence-electron chi connectivity index (χ1n) is 7.76. The Kier molecular flexibility index (Phi) is 4.88. The fourth-order valence-electron chi connectivity index (χ4n) is 2.82. The fourth-order valence-corrected chi connectivity index (χ4v) is 4.10. The molecule has 10 heteroatoms. The van der Waals surface area contributed by atoms with Crippen LogP contribution in [0.25, 0.3) is 0 Å². The zero-order valence-corrected chi connectivity index (χ0v) is 13.8. The van der Waals surface area contributed by atoms with Gasteiger partial charge in [-0.25, -0.2) is 13.1 Å². The van der Waals surface area contributed by atoms with E-state index in [1.54, 1.807) is 0 Å². The monoisotopic (exact) mass is 357 g/mol. The van der Waals surface area contributed by atoms with Crippen molar-refractivity contribution in [3.63, 3.8) is 0 Å². The minimum atomic E-state index is -4.02. The van der Waals surface area contributed by atoms with Crippen LogP contribution in [0.4, 0.5) is 5.69 Å². The van der Waals surface area contributed by atoms with Crippen molar-refractivity contribution in [2.75, 3.05) is 32.8 Å². The van der Waals surface area contributed by atoms with Crippen LogP contribution >= 0.6 is 0 Å². The highest BCUT2D eigenvalue weighted by molar-refractivity contribution is 7.89. The molecule has 24 heavy (non-hydrogen) atoms. The largest absolute Gasteiger partial charge is 0.486 e. The van der Waals surface area contributed by atoms with Crippen LogP contribution in [-0.2, 0) is 10.0 Å². The number of hydrogen-bond acceptors (Lipinski definition) is 7. The first kappa shape index (κ1) is 16.9. The molecule has 2 aliphatic rings. The second-order valence-corrected chi connectivity index (χ2v) is 7.52. The lowest BCUT2D eigenvalue weighted by Crippen LogP contribution is -2.38. The number of nitro benzene ring substituents is 1. The quantitative estimate of drug-likeness (QED) is 0.586. The Morgan fingerprint density at radius 3 is 2.62 bits per heavy atom. The Balaban J connectivity index is 1.86. The molecule has 1 fully saturated rings. The van der Waals surface area contributed by atoms with Gasteiger partial charge < -0.3 is 14.8 Å². The standard InChI is InChI=1S/C14H19N3O6S/c18-17(19)11-6-12-13(23-5-4-22-12)7-14(11)24(20,21)16-9-10-2-1-3-15-8-10/h6-7,10,15-16H,1-5,8-9H2. The van der Waals surface area contributed by atoms with Gasteiger partial charge in [-0.15, -0.1) is 0 Å². The molecule has 9 nitrogen and oxygen atoms in total. The van der Waals surface area contributed by atoms with Gasteiger partial charge in [-0.1, -0.05) is 0 Å². The molecule has 0 aliphatic carbocycles. The van der Waals surface area contributed by atoms with Crippen molar-refractivity contribution in [1.29, 1.82) is 0 Å². The predicted octanol–water partition coefficient (Wildman–Crippen LogP) is 0.644. The highest BCUT2D eigenvalue weighted by Gasteiger charge is 2.30. The van der Waals surface area contributed by atoms with Crippen molar-refractivity contribution in [3.05, 3.63) is 22.2 Å². The minimum absolute atomic E-state index is 0.171. The summed E-state index contributed by atoms with van der Waals surface area (Å²) in [5.74, 6) is 0.555. The summed E-state index contributed by atoms with van der Waals surface area (Å²) in [5, 5.41) is 14.5. The van der Waals surface area contributed by atoms with E-state index >= 15 is 0 Å². The summed E-state index contributed by atoms with van der Waals surface area (Å²) in [6.45, 7) is 2.43. The maximum atomic E-state index is 12.6. The predicted molar refractivity (Wildman–Crippen MR) is 84.9 cm³/mol. The summed E-state index contributed by atoms with van der Waals surface area (Å²) in [6.07, 6.45) is 1.90. The molecule has 0 amide bonds. The second kappa shape index (κ2) is 6.91. The third kappa shape index (κ3) is 3.60. The topological polar surface area (TPSA) is 120 Å². The molecule has 2 N–H and O–H groups in total. The molecule has 1 aromatic carbocycles. The summed E-state index contributed by atoms with van der Waals surface area (Å²) < 4.78 is 38.2. The molecule has 1 atom stereocenters. The van der Waals surface area contributed by atoms with Gasteiger partial charge in [0.05, 0.1) is 11.0 Å². The van der Waals surface area contributed by atoms with E-state index in [9.17, 15) is 18.5 Å². The molecule has 0 aromatic heterocycles. The highest BCUT2D eigenvalue weighted by atomic mass is 32.2. The van der Waals surface area contributed by atoms with Crippen LogP contribution in [0.3, 0.4) is 0 Å². The lowest BCUT2D eigenvalue weighted by atomic mass is 10.0. The minimum Gasteiger partial charge on any atom is -0.486 e. The van der Waals surface area contributed by atoms with Gasteiger partial charge in [-0.3, -0.25) is 10.1 Å². The number of nitrogens with zero attached hydrogens (tertiary/aromatic N) is 1. The van der Waals surface area contributed by atoms with Crippen LogP contribution < -0.4 is 19.5 Å². The zero-order chi connectivity index (χ0) is 17.2. The van der Waals surface area contributed by atoms with Gasteiger partial charge in [0.15, 0.2) is 16.4 Å². The fraction of sp³-hybridized carbons (Fsp3) is 0.571. The molecule has 1 unspecified atom stereocenters. The number of sulfonamides is 1. The SMILES string of the molecule is O=[N+]([O-])c1cc2c(cc1S(=O)(=O)NCC1CCCNC1)OCCO2. The molecule has 132 valence electrons. The van der Waals surface area contributed by atoms with E-state index in [1.807, 2.05) is 0 Å². The average Bonchev–Trinajstić information content (AvgIpc) is 2.60. The van der Waals surface area contributed by atoms with Crippen molar-refractivity contribution in [2.45, 2.75) is 17.7 Å². The normalized spacial score (nSPS) is 20.6. The third-order valence-corrected chi connectivity index (χ3v) is 5.52. The molecule has 1 saturated heterocycles. The molecule has 0 radical (unpaired) electrons. The Labute approximate surface area is 139 Å². The van der Waals surface area contributed by atoms with Crippen molar-refractivity contribution >= 4 is 15.7 Å². The molecule has 2 aliphatic heterocycles. The lowest BCUT2D eigenvalue weighted by molar-refractivity contribution is -0.388. The number of rotatable bonds is 5. The van der Waals surface area contributed by atoms with E-state index in [1.165, 1.54) is 0 Å². The summed E-state index contributed by atoms with van der Waals surface area (Å²) in [5.41, 5.74) is -0.520. The molecule has 0 bridgehead atoms. The first-order valence-corrected chi connectivity index (χ1v) is 9.24. The summed E-state index contributed by atoms with van der Waals surface area (Å²) in [7, 11) is -4.02. The zero-order valence-electron chi connectivity index (χ0n) is 13.0. The average molecular weight is 357 g/mol. The van der Waals surface area contributed by atoms with Crippen LogP contribution in [0.5, 0.6) is 11.5 Å². The van der Waals surface area contributed by atoms with E-state index < -0.39 is 25.5 Å². The number of benzene rings is 1. The molecule has 2 heterocycles. The van der Waals surface area contributed by atoms with Crippen LogP contribution in [0.1, 0.15) is 12.8 Å². The summed E-state index contributed by atoms with van der Waals surface area (Å²) in [6, 6.07) is 2.26. The van der Waals surface area contributed by atoms with Crippen molar-refractivity contribution in [2.24, 2.45) is 5.92 Å². The molecule has 3 rings (SSSR count). The number of ether oxygens (including phenoxy) is 2. The molecular formula is C14H19N3O6S. The second-order valence-electron chi connectivity index (χ2n) is 5.78. The van der Waals surface area contributed by atoms with Crippen molar-refractivity contribution in [1.82, 2.24) is 10.0 Å². The number of fused-ring (bicyclic) bond motifs is 1. The van der Waals surface area contributed by atoms with Gasteiger partial charge in [0.25, 0.3) is 5.69 Å². The smallest absolute Gasteiger partial charge is 0.293 e. The van der Waals surface area contributed by atoms with E-state index in [-0.39, 0.29) is 37.2 Å².